The van der Waals surface area contributed by atoms with Crippen LogP contribution in [0.4, 0.5) is 14.6 Å². The number of pyridine rings is 1. The number of likely N-dealkylation sites (N-methyl/N-ethyl adjacent to an activating group) is 1. The summed E-state index contributed by atoms with van der Waals surface area (Å²) >= 11 is 0. The number of carbonyl (C=O) groups excluding carboxylic acids is 1. The molecule has 2 aromatic carbocycles. The highest BCUT2D eigenvalue weighted by atomic mass is 19.1. The largest absolute Gasteiger partial charge is 0.467 e. The molecule has 1 aliphatic rings. The molecule has 3 heterocycles. The van der Waals surface area contributed by atoms with Crippen LogP contribution in [0.25, 0.3) is 32.9 Å². The van der Waals surface area contributed by atoms with Crippen LogP contribution >= 0.6 is 0 Å². The van der Waals surface area contributed by atoms with Crippen molar-refractivity contribution in [1.29, 1.82) is 0 Å². The van der Waals surface area contributed by atoms with Crippen LogP contribution in [0.2, 0.25) is 0 Å². The van der Waals surface area contributed by atoms with Crippen molar-refractivity contribution >= 4 is 33.4 Å². The number of terminal acetylenes is 1. The van der Waals surface area contributed by atoms with E-state index in [9.17, 15) is 9.18 Å². The lowest BCUT2D eigenvalue weighted by Crippen LogP contribution is -2.36. The van der Waals surface area contributed by atoms with Crippen molar-refractivity contribution in [3.05, 3.63) is 66.4 Å². The summed E-state index contributed by atoms with van der Waals surface area (Å²) in [5.74, 6) is 1.38. The SMILES string of the molecule is C#Cc1c(F)ccc2cccc(-c3ncc4c(N(C)C5CCN(C(=O)C=C)C5)nc(OC)nc4c3F)c12. The Balaban J connectivity index is 1.67. The summed E-state index contributed by atoms with van der Waals surface area (Å²) in [6.07, 6.45) is 9.09. The standard InChI is InChI=1S/C28H23F2N5O2/c1-5-18-21(29)11-10-16-8-7-9-19(23(16)18)25-24(30)26-20(14-31-25)27(33-28(32-26)37-4)34(3)17-12-13-35(15-17)22(36)6-2/h1,6-11,14,17H,2,12-13,15H2,3-4H3. The van der Waals surface area contributed by atoms with E-state index in [2.05, 4.69) is 27.5 Å². The van der Waals surface area contributed by atoms with E-state index in [1.54, 1.807) is 29.2 Å². The van der Waals surface area contributed by atoms with Gasteiger partial charge < -0.3 is 14.5 Å². The average molecular weight is 500 g/mol. The predicted molar refractivity (Wildman–Crippen MR) is 138 cm³/mol. The highest BCUT2D eigenvalue weighted by Crippen LogP contribution is 2.37. The van der Waals surface area contributed by atoms with Crippen molar-refractivity contribution in [2.24, 2.45) is 0 Å². The van der Waals surface area contributed by atoms with Gasteiger partial charge >= 0.3 is 6.01 Å². The molecule has 0 N–H and O–H groups in total. The number of hydrogen-bond donors (Lipinski definition) is 0. The number of hydrogen-bond acceptors (Lipinski definition) is 6. The molecule has 1 fully saturated rings. The van der Waals surface area contributed by atoms with Gasteiger partial charge in [0.1, 0.15) is 22.8 Å². The van der Waals surface area contributed by atoms with Crippen molar-refractivity contribution in [1.82, 2.24) is 19.9 Å². The van der Waals surface area contributed by atoms with E-state index >= 15 is 4.39 Å². The number of benzene rings is 2. The first-order chi connectivity index (χ1) is 17.9. The lowest BCUT2D eigenvalue weighted by molar-refractivity contribution is -0.125. The molecule has 0 bridgehead atoms. The molecule has 5 rings (SSSR count). The Labute approximate surface area is 212 Å². The normalized spacial score (nSPS) is 15.1. The number of carbonyl (C=O) groups is 1. The molecular formula is C28H23F2N5O2. The quantitative estimate of drug-likeness (QED) is 0.301. The van der Waals surface area contributed by atoms with Crippen LogP contribution in [0.3, 0.4) is 0 Å². The summed E-state index contributed by atoms with van der Waals surface area (Å²) in [6.45, 7) is 4.60. The van der Waals surface area contributed by atoms with Gasteiger partial charge in [0.15, 0.2) is 5.82 Å². The molecule has 1 aliphatic heterocycles. The van der Waals surface area contributed by atoms with Crippen molar-refractivity contribution in [2.45, 2.75) is 12.5 Å². The van der Waals surface area contributed by atoms with Gasteiger partial charge in [0.2, 0.25) is 5.91 Å². The van der Waals surface area contributed by atoms with Crippen LogP contribution < -0.4 is 9.64 Å². The lowest BCUT2D eigenvalue weighted by atomic mass is 9.96. The number of rotatable bonds is 5. The van der Waals surface area contributed by atoms with Gasteiger partial charge in [-0.2, -0.15) is 9.97 Å². The highest BCUT2D eigenvalue weighted by molar-refractivity contribution is 6.02. The van der Waals surface area contributed by atoms with E-state index < -0.39 is 11.6 Å². The number of nitrogens with zero attached hydrogens (tertiary/aromatic N) is 5. The Morgan fingerprint density at radius 2 is 2.11 bits per heavy atom. The zero-order chi connectivity index (χ0) is 26.3. The highest BCUT2D eigenvalue weighted by Gasteiger charge is 2.30. The van der Waals surface area contributed by atoms with E-state index in [1.165, 1.54) is 25.4 Å². The van der Waals surface area contributed by atoms with E-state index in [0.29, 0.717) is 47.1 Å². The molecule has 0 aliphatic carbocycles. The van der Waals surface area contributed by atoms with Crippen LogP contribution in [-0.4, -0.2) is 59.0 Å². The summed E-state index contributed by atoms with van der Waals surface area (Å²) < 4.78 is 35.9. The van der Waals surface area contributed by atoms with Gasteiger partial charge in [-0.05, 0) is 23.9 Å². The first kappa shape index (κ1) is 24.1. The van der Waals surface area contributed by atoms with Gasteiger partial charge in [-0.3, -0.25) is 9.78 Å². The summed E-state index contributed by atoms with van der Waals surface area (Å²) in [4.78, 5) is 28.8. The molecule has 0 radical (unpaired) electrons. The molecule has 1 amide bonds. The topological polar surface area (TPSA) is 71.5 Å². The second kappa shape index (κ2) is 9.47. The predicted octanol–water partition coefficient (Wildman–Crippen LogP) is 4.34. The van der Waals surface area contributed by atoms with Gasteiger partial charge in [-0.1, -0.05) is 36.8 Å². The minimum atomic E-state index is -0.706. The number of fused-ring (bicyclic) bond motifs is 2. The van der Waals surface area contributed by atoms with E-state index in [-0.39, 0.29) is 34.7 Å². The number of halogens is 2. The molecule has 4 aromatic rings. The Hall–Kier alpha value is -4.58. The monoisotopic (exact) mass is 499 g/mol. The van der Waals surface area contributed by atoms with Gasteiger partial charge in [0, 0.05) is 43.3 Å². The van der Waals surface area contributed by atoms with E-state index in [4.69, 9.17) is 11.2 Å². The molecule has 186 valence electrons. The minimum absolute atomic E-state index is 0.00591. The lowest BCUT2D eigenvalue weighted by Gasteiger charge is -2.27. The average Bonchev–Trinajstić information content (AvgIpc) is 3.42. The van der Waals surface area contributed by atoms with Crippen molar-refractivity contribution in [3.8, 4) is 29.6 Å². The van der Waals surface area contributed by atoms with E-state index in [0.717, 1.165) is 0 Å². The summed E-state index contributed by atoms with van der Waals surface area (Å²) in [7, 11) is 3.23. The molecule has 0 spiro atoms. The zero-order valence-electron chi connectivity index (χ0n) is 20.3. The number of amides is 1. The smallest absolute Gasteiger partial charge is 0.318 e. The number of likely N-dealkylation sites (tertiary alicyclic amines) is 1. The zero-order valence-corrected chi connectivity index (χ0v) is 20.3. The maximum absolute atomic E-state index is 16.1. The Bertz CT molecular complexity index is 1610. The fourth-order valence-corrected chi connectivity index (χ4v) is 4.82. The third-order valence-corrected chi connectivity index (χ3v) is 6.75. The second-order valence-corrected chi connectivity index (χ2v) is 8.73. The maximum Gasteiger partial charge on any atom is 0.318 e. The molecule has 1 atom stereocenters. The minimum Gasteiger partial charge on any atom is -0.467 e. The van der Waals surface area contributed by atoms with Crippen LogP contribution in [0.15, 0.2) is 49.2 Å². The first-order valence-corrected chi connectivity index (χ1v) is 11.6. The number of methoxy groups -OCH3 is 1. The first-order valence-electron chi connectivity index (χ1n) is 11.6. The fraction of sp³-hybridized carbons (Fsp3) is 0.214. The van der Waals surface area contributed by atoms with Gasteiger partial charge in [0.05, 0.1) is 18.1 Å². The van der Waals surface area contributed by atoms with Crippen LogP contribution in [0.1, 0.15) is 12.0 Å². The fourth-order valence-electron chi connectivity index (χ4n) is 4.82. The Morgan fingerprint density at radius 3 is 2.84 bits per heavy atom. The molecule has 0 saturated carbocycles. The summed E-state index contributed by atoms with van der Waals surface area (Å²) in [5.41, 5.74) is 0.380. The molecule has 7 nitrogen and oxygen atoms in total. The Morgan fingerprint density at radius 1 is 1.30 bits per heavy atom. The van der Waals surface area contributed by atoms with Crippen LogP contribution in [0.5, 0.6) is 6.01 Å². The van der Waals surface area contributed by atoms with Crippen molar-refractivity contribution < 1.29 is 18.3 Å². The molecule has 2 aromatic heterocycles. The third-order valence-electron chi connectivity index (χ3n) is 6.75. The second-order valence-electron chi connectivity index (χ2n) is 8.73. The molecular weight excluding hydrogens is 476 g/mol. The molecule has 9 heteroatoms. The summed E-state index contributed by atoms with van der Waals surface area (Å²) in [5, 5.41) is 1.43. The third kappa shape index (κ3) is 4.00. The maximum atomic E-state index is 16.1. The number of ether oxygens (including phenoxy) is 1. The molecule has 37 heavy (non-hydrogen) atoms. The van der Waals surface area contributed by atoms with Gasteiger partial charge in [0.25, 0.3) is 0 Å². The number of aromatic nitrogens is 3. The molecule has 1 saturated heterocycles. The van der Waals surface area contributed by atoms with Crippen molar-refractivity contribution in [2.75, 3.05) is 32.1 Å². The summed E-state index contributed by atoms with van der Waals surface area (Å²) in [6, 6.07) is 7.96. The van der Waals surface area contributed by atoms with Crippen molar-refractivity contribution in [3.63, 3.8) is 0 Å². The molecule has 1 unspecified atom stereocenters. The number of anilines is 1. The van der Waals surface area contributed by atoms with E-state index in [1.807, 2.05) is 11.9 Å². The van der Waals surface area contributed by atoms with Gasteiger partial charge in [-0.25, -0.2) is 8.78 Å². The van der Waals surface area contributed by atoms with Crippen LogP contribution in [0, 0.1) is 24.0 Å². The van der Waals surface area contributed by atoms with Crippen LogP contribution in [-0.2, 0) is 4.79 Å². The Kier molecular flexibility index (Phi) is 6.17. The van der Waals surface area contributed by atoms with Gasteiger partial charge in [-0.15, -0.1) is 6.42 Å².